The molecule has 6 nitrogen and oxygen atoms in total. The highest BCUT2D eigenvalue weighted by atomic mass is 16.6. The van der Waals surface area contributed by atoms with Crippen LogP contribution in [0.4, 0.5) is 0 Å². The molecule has 0 saturated carbocycles. The van der Waals surface area contributed by atoms with E-state index in [2.05, 4.69) is 148 Å². The van der Waals surface area contributed by atoms with E-state index in [1.807, 2.05) is 6.08 Å². The average Bonchev–Trinajstić information content (AvgIpc) is 3.43. The lowest BCUT2D eigenvalue weighted by atomic mass is 10.0. The van der Waals surface area contributed by atoms with E-state index in [0.29, 0.717) is 19.3 Å². The zero-order valence-electron chi connectivity index (χ0n) is 49.9. The minimum Gasteiger partial charge on any atom is -0.462 e. The van der Waals surface area contributed by atoms with Gasteiger partial charge in [0, 0.05) is 19.3 Å². The number of carbonyl (C=O) groups is 3. The molecule has 1 atom stereocenters. The zero-order chi connectivity index (χ0) is 55.7. The topological polar surface area (TPSA) is 78.9 Å². The first kappa shape index (κ1) is 72.5. The normalized spacial score (nSPS) is 13.0. The molecule has 436 valence electrons. The van der Waals surface area contributed by atoms with Crippen LogP contribution in [0.25, 0.3) is 0 Å². The maximum atomic E-state index is 12.9. The summed E-state index contributed by atoms with van der Waals surface area (Å²) < 4.78 is 16.8. The third-order valence-corrected chi connectivity index (χ3v) is 13.2. The average molecular weight is 1070 g/mol. The molecule has 0 aromatic heterocycles. The second-order valence-electron chi connectivity index (χ2n) is 20.6. The summed E-state index contributed by atoms with van der Waals surface area (Å²) in [5, 5.41) is 0. The number of hydrogen-bond acceptors (Lipinski definition) is 6. The van der Waals surface area contributed by atoms with E-state index in [4.69, 9.17) is 14.2 Å². The van der Waals surface area contributed by atoms with E-state index in [1.165, 1.54) is 116 Å². The predicted molar refractivity (Wildman–Crippen MR) is 334 cm³/mol. The Morgan fingerprint density at radius 1 is 0.273 bits per heavy atom. The van der Waals surface area contributed by atoms with Crippen LogP contribution in [0.3, 0.4) is 0 Å². The van der Waals surface area contributed by atoms with Gasteiger partial charge < -0.3 is 14.2 Å². The van der Waals surface area contributed by atoms with Crippen molar-refractivity contribution in [2.24, 2.45) is 0 Å². The first-order valence-corrected chi connectivity index (χ1v) is 31.7. The maximum absolute atomic E-state index is 12.9. The predicted octanol–water partition coefficient (Wildman–Crippen LogP) is 21.8. The Kier molecular flexibility index (Phi) is 60.4. The van der Waals surface area contributed by atoms with Crippen LogP contribution < -0.4 is 0 Å². The fraction of sp³-hybridized carbons (Fsp3) is 0.648. The molecular weight excluding hydrogens is 949 g/mol. The van der Waals surface area contributed by atoms with Crippen LogP contribution in [0.5, 0.6) is 0 Å². The summed E-state index contributed by atoms with van der Waals surface area (Å²) in [5.41, 5.74) is 0. The van der Waals surface area contributed by atoms with Crippen LogP contribution in [0.15, 0.2) is 134 Å². The summed E-state index contributed by atoms with van der Waals surface area (Å²) in [7, 11) is 0. The number of rotatable bonds is 56. The highest BCUT2D eigenvalue weighted by Gasteiger charge is 2.19. The molecule has 0 amide bonds. The van der Waals surface area contributed by atoms with E-state index in [0.717, 1.165) is 109 Å². The molecule has 0 heterocycles. The van der Waals surface area contributed by atoms with Gasteiger partial charge in [0.2, 0.25) is 0 Å². The molecular formula is C71H116O6. The van der Waals surface area contributed by atoms with Crippen LogP contribution in [0.2, 0.25) is 0 Å². The fourth-order valence-electron chi connectivity index (χ4n) is 8.50. The molecule has 0 fully saturated rings. The minimum atomic E-state index is -0.831. The van der Waals surface area contributed by atoms with Crippen molar-refractivity contribution in [2.75, 3.05) is 13.2 Å². The lowest BCUT2D eigenvalue weighted by Gasteiger charge is -2.18. The monoisotopic (exact) mass is 1060 g/mol. The Balaban J connectivity index is 4.53. The summed E-state index contributed by atoms with van der Waals surface area (Å²) in [6.45, 7) is 6.34. The standard InChI is InChI=1S/C71H116O6/c1-4-7-10-13-16-19-22-25-28-31-34-35-38-40-43-46-49-52-55-58-61-64-70(73)76-67-68(77-71(74)65-62-59-56-53-50-47-44-41-37-33-30-27-24-21-18-15-12-9-6-3)66-75-69(72)63-60-57-54-51-48-45-42-39-36-32-29-26-23-20-17-14-11-8-5-2/h8-9,11-12,17-18,20-21,26-27,29-30,36-37,39,41,45,47-48,50,54,57,68H,4-7,10,13-16,19,22-25,28,31-35,38,40,42-44,46,49,51-53,55-56,58-67H2,1-3H3/b11-8-,12-9-,20-17-,21-18-,29-26-,30-27-,39-36-,41-37-,48-45-,50-47-,57-54-/t68-/m1/s1. The fourth-order valence-corrected chi connectivity index (χ4v) is 8.50. The molecule has 0 unspecified atom stereocenters. The number of carbonyl (C=O) groups excluding carboxylic acids is 3. The second kappa shape index (κ2) is 64.1. The van der Waals surface area contributed by atoms with Crippen molar-refractivity contribution in [3.63, 3.8) is 0 Å². The van der Waals surface area contributed by atoms with Gasteiger partial charge in [0.25, 0.3) is 0 Å². The van der Waals surface area contributed by atoms with Crippen LogP contribution >= 0.6 is 0 Å². The molecule has 0 radical (unpaired) electrons. The first-order valence-electron chi connectivity index (χ1n) is 31.7. The van der Waals surface area contributed by atoms with Gasteiger partial charge in [-0.3, -0.25) is 14.4 Å². The van der Waals surface area contributed by atoms with Gasteiger partial charge in [-0.15, -0.1) is 0 Å². The Hall–Kier alpha value is -4.45. The Labute approximate surface area is 475 Å². The molecule has 6 heteroatoms. The van der Waals surface area contributed by atoms with Gasteiger partial charge in [-0.1, -0.05) is 289 Å². The van der Waals surface area contributed by atoms with Gasteiger partial charge in [0.05, 0.1) is 0 Å². The Bertz CT molecular complexity index is 1650. The van der Waals surface area contributed by atoms with Gasteiger partial charge in [-0.05, 0) is 103 Å². The molecule has 0 saturated heterocycles. The third-order valence-electron chi connectivity index (χ3n) is 13.2. The highest BCUT2D eigenvalue weighted by Crippen LogP contribution is 2.16. The molecule has 0 N–H and O–H groups in total. The van der Waals surface area contributed by atoms with E-state index >= 15 is 0 Å². The van der Waals surface area contributed by atoms with Gasteiger partial charge >= 0.3 is 17.9 Å². The Morgan fingerprint density at radius 2 is 0.532 bits per heavy atom. The molecule has 0 spiro atoms. The number of allylic oxidation sites excluding steroid dienone is 22. The van der Waals surface area contributed by atoms with Crippen molar-refractivity contribution in [1.82, 2.24) is 0 Å². The van der Waals surface area contributed by atoms with Gasteiger partial charge in [-0.2, -0.15) is 0 Å². The van der Waals surface area contributed by atoms with Crippen LogP contribution in [0.1, 0.15) is 278 Å². The van der Waals surface area contributed by atoms with Crippen LogP contribution in [0, 0.1) is 0 Å². The lowest BCUT2D eigenvalue weighted by Crippen LogP contribution is -2.30. The zero-order valence-corrected chi connectivity index (χ0v) is 49.9. The molecule has 0 aromatic carbocycles. The van der Waals surface area contributed by atoms with Crippen LogP contribution in [-0.2, 0) is 28.6 Å². The van der Waals surface area contributed by atoms with Gasteiger partial charge in [0.1, 0.15) is 13.2 Å². The number of esters is 3. The summed E-state index contributed by atoms with van der Waals surface area (Å²) >= 11 is 0. The lowest BCUT2D eigenvalue weighted by molar-refractivity contribution is -0.166. The number of hydrogen-bond donors (Lipinski definition) is 0. The van der Waals surface area contributed by atoms with Crippen molar-refractivity contribution in [1.29, 1.82) is 0 Å². The first-order chi connectivity index (χ1) is 38.0. The minimum absolute atomic E-state index is 0.117. The van der Waals surface area contributed by atoms with E-state index in [-0.39, 0.29) is 44.0 Å². The van der Waals surface area contributed by atoms with Crippen molar-refractivity contribution in [3.05, 3.63) is 134 Å². The van der Waals surface area contributed by atoms with Crippen molar-refractivity contribution in [3.8, 4) is 0 Å². The largest absolute Gasteiger partial charge is 0.462 e. The molecule has 0 rings (SSSR count). The summed E-state index contributed by atoms with van der Waals surface area (Å²) in [4.78, 5) is 38.3. The quantitative estimate of drug-likeness (QED) is 0.0261. The van der Waals surface area contributed by atoms with E-state index < -0.39 is 6.10 Å². The van der Waals surface area contributed by atoms with Crippen molar-refractivity contribution >= 4 is 17.9 Å². The molecule has 0 aliphatic rings. The summed E-state index contributed by atoms with van der Waals surface area (Å²) in [5.74, 6) is -1.03. The third kappa shape index (κ3) is 62.3. The maximum Gasteiger partial charge on any atom is 0.306 e. The van der Waals surface area contributed by atoms with Gasteiger partial charge in [0.15, 0.2) is 6.10 Å². The molecule has 0 aromatic rings. The summed E-state index contributed by atoms with van der Waals surface area (Å²) in [6.07, 6.45) is 90.4. The second-order valence-corrected chi connectivity index (χ2v) is 20.6. The molecule has 0 bridgehead atoms. The highest BCUT2D eigenvalue weighted by molar-refractivity contribution is 5.71. The van der Waals surface area contributed by atoms with E-state index in [1.54, 1.807) is 0 Å². The number of unbranched alkanes of at least 4 members (excludes halogenated alkanes) is 23. The van der Waals surface area contributed by atoms with Crippen molar-refractivity contribution < 1.29 is 28.6 Å². The smallest absolute Gasteiger partial charge is 0.306 e. The van der Waals surface area contributed by atoms with E-state index in [9.17, 15) is 14.4 Å². The van der Waals surface area contributed by atoms with Crippen LogP contribution in [-0.4, -0.2) is 37.2 Å². The molecule has 0 aliphatic carbocycles. The molecule has 77 heavy (non-hydrogen) atoms. The number of ether oxygens (including phenoxy) is 3. The van der Waals surface area contributed by atoms with Crippen molar-refractivity contribution in [2.45, 2.75) is 284 Å². The summed E-state index contributed by atoms with van der Waals surface area (Å²) in [6, 6.07) is 0. The molecule has 0 aliphatic heterocycles. The van der Waals surface area contributed by atoms with Gasteiger partial charge in [-0.25, -0.2) is 0 Å². The SMILES string of the molecule is CC/C=C\C/C=C\C/C=C\C/C=C\C/C=C\C/C=C\CCC(=O)OC[C@H](COC(=O)CCCCCCCCCCCCCCCCCCCCCCC)OC(=O)CCCCC/C=C\C/C=C\C/C=C\C/C=C\C/C=C\CC. The Morgan fingerprint density at radius 3 is 0.870 bits per heavy atom.